The number of methoxy groups -OCH3 is 3. The van der Waals surface area contributed by atoms with Gasteiger partial charge in [0.25, 0.3) is 23.4 Å². The van der Waals surface area contributed by atoms with Crippen LogP contribution >= 0.6 is 0 Å². The number of aromatic nitrogens is 2. The van der Waals surface area contributed by atoms with Gasteiger partial charge in [0.05, 0.1) is 32.3 Å². The topological polar surface area (TPSA) is 135 Å². The molecule has 166 valence electrons. The highest BCUT2D eigenvalue weighted by atomic mass is 16.6. The lowest BCUT2D eigenvalue weighted by atomic mass is 9.92. The number of ether oxygens (including phenoxy) is 4. The normalized spacial score (nSPS) is 18.0. The van der Waals surface area contributed by atoms with E-state index in [1.165, 1.54) is 45.9 Å². The van der Waals surface area contributed by atoms with E-state index >= 15 is 0 Å². The quantitative estimate of drug-likeness (QED) is 0.493. The zero-order valence-corrected chi connectivity index (χ0v) is 17.5. The van der Waals surface area contributed by atoms with Gasteiger partial charge in [-0.25, -0.2) is 9.97 Å². The molecule has 31 heavy (non-hydrogen) atoms. The highest BCUT2D eigenvalue weighted by Gasteiger charge is 2.29. The molecule has 1 aromatic heterocycles. The Kier molecular flexibility index (Phi) is 7.06. The summed E-state index contributed by atoms with van der Waals surface area (Å²) >= 11 is 0. The average Bonchev–Trinajstić information content (AvgIpc) is 2.79. The number of benzene rings is 1. The molecular formula is C20H24N4O7. The van der Waals surface area contributed by atoms with Crippen molar-refractivity contribution in [3.63, 3.8) is 0 Å². The van der Waals surface area contributed by atoms with Gasteiger partial charge in [-0.2, -0.15) is 0 Å². The van der Waals surface area contributed by atoms with Crippen LogP contribution in [0.1, 0.15) is 36.0 Å². The first-order valence-corrected chi connectivity index (χ1v) is 9.69. The first-order chi connectivity index (χ1) is 15.0. The second-order valence-electron chi connectivity index (χ2n) is 6.92. The maximum Gasteiger partial charge on any atom is 0.286 e. The zero-order chi connectivity index (χ0) is 22.4. The van der Waals surface area contributed by atoms with Crippen molar-refractivity contribution in [2.24, 2.45) is 0 Å². The van der Waals surface area contributed by atoms with Crippen molar-refractivity contribution in [2.75, 3.05) is 21.3 Å². The van der Waals surface area contributed by atoms with Crippen LogP contribution in [-0.4, -0.2) is 54.3 Å². The summed E-state index contributed by atoms with van der Waals surface area (Å²) in [6, 6.07) is 2.37. The Morgan fingerprint density at radius 1 is 1.00 bits per heavy atom. The average molecular weight is 432 g/mol. The van der Waals surface area contributed by atoms with E-state index < -0.39 is 10.8 Å². The lowest BCUT2D eigenvalue weighted by molar-refractivity contribution is -0.385. The Morgan fingerprint density at radius 2 is 1.61 bits per heavy atom. The van der Waals surface area contributed by atoms with E-state index in [9.17, 15) is 14.9 Å². The van der Waals surface area contributed by atoms with E-state index in [2.05, 4.69) is 15.3 Å². The molecule has 1 heterocycles. The van der Waals surface area contributed by atoms with E-state index in [1.54, 1.807) is 0 Å². The molecule has 1 saturated carbocycles. The lowest BCUT2D eigenvalue weighted by Crippen LogP contribution is -2.40. The Morgan fingerprint density at radius 3 is 2.19 bits per heavy atom. The SMILES string of the molecule is COc1cc(C(=O)NC2CCC(Oc3nccnc3OC)CC2)c([N+](=O)[O-])cc1OC. The van der Waals surface area contributed by atoms with Crippen LogP contribution in [0.5, 0.6) is 23.3 Å². The van der Waals surface area contributed by atoms with Crippen LogP contribution < -0.4 is 24.3 Å². The van der Waals surface area contributed by atoms with Gasteiger partial charge in [0, 0.05) is 24.5 Å². The monoisotopic (exact) mass is 432 g/mol. The van der Waals surface area contributed by atoms with Crippen molar-refractivity contribution in [1.29, 1.82) is 0 Å². The van der Waals surface area contributed by atoms with Crippen LogP contribution in [0.3, 0.4) is 0 Å². The Balaban J connectivity index is 1.64. The van der Waals surface area contributed by atoms with Crippen molar-refractivity contribution in [2.45, 2.75) is 37.8 Å². The summed E-state index contributed by atoms with van der Waals surface area (Å²) in [6.07, 6.45) is 5.62. The smallest absolute Gasteiger partial charge is 0.286 e. The number of nitro benzene ring substituents is 1. The zero-order valence-electron chi connectivity index (χ0n) is 17.5. The van der Waals surface area contributed by atoms with Gasteiger partial charge >= 0.3 is 0 Å². The summed E-state index contributed by atoms with van der Waals surface area (Å²) < 4.78 is 21.3. The van der Waals surface area contributed by atoms with E-state index in [1.807, 2.05) is 0 Å². The van der Waals surface area contributed by atoms with Crippen LogP contribution in [0.25, 0.3) is 0 Å². The third kappa shape index (κ3) is 5.11. The molecule has 1 N–H and O–H groups in total. The second-order valence-corrected chi connectivity index (χ2v) is 6.92. The minimum absolute atomic E-state index is 0.0784. The first kappa shape index (κ1) is 22.1. The summed E-state index contributed by atoms with van der Waals surface area (Å²) in [5.74, 6) is 0.542. The Hall–Kier alpha value is -3.63. The van der Waals surface area contributed by atoms with Gasteiger partial charge < -0.3 is 24.3 Å². The molecule has 11 nitrogen and oxygen atoms in total. The molecule has 1 fully saturated rings. The molecule has 0 saturated heterocycles. The third-order valence-electron chi connectivity index (χ3n) is 5.06. The summed E-state index contributed by atoms with van der Waals surface area (Å²) in [6.45, 7) is 0. The van der Waals surface area contributed by atoms with Crippen molar-refractivity contribution < 1.29 is 28.7 Å². The number of amides is 1. The highest BCUT2D eigenvalue weighted by molar-refractivity contribution is 5.99. The van der Waals surface area contributed by atoms with Gasteiger partial charge in [-0.15, -0.1) is 0 Å². The molecule has 0 unspecified atom stereocenters. The number of nitrogens with one attached hydrogen (secondary N) is 1. The number of rotatable bonds is 8. The molecule has 11 heteroatoms. The summed E-state index contributed by atoms with van der Waals surface area (Å²) in [5.41, 5.74) is -0.424. The number of nitro groups is 1. The minimum atomic E-state index is -0.615. The fraction of sp³-hybridized carbons (Fsp3) is 0.450. The number of carbonyl (C=O) groups excluding carboxylic acids is 1. The molecule has 1 aliphatic carbocycles. The highest BCUT2D eigenvalue weighted by Crippen LogP contribution is 2.35. The molecule has 1 amide bonds. The van der Waals surface area contributed by atoms with Gasteiger partial charge in [0.1, 0.15) is 11.7 Å². The number of hydrogen-bond donors (Lipinski definition) is 1. The summed E-state index contributed by atoms with van der Waals surface area (Å²) in [7, 11) is 4.27. The largest absolute Gasteiger partial charge is 0.493 e. The molecular weight excluding hydrogens is 408 g/mol. The minimum Gasteiger partial charge on any atom is -0.493 e. The lowest BCUT2D eigenvalue weighted by Gasteiger charge is -2.29. The van der Waals surface area contributed by atoms with Crippen LogP contribution in [0, 0.1) is 10.1 Å². The van der Waals surface area contributed by atoms with Crippen molar-refractivity contribution in [3.8, 4) is 23.3 Å². The molecule has 2 aromatic rings. The van der Waals surface area contributed by atoms with E-state index in [4.69, 9.17) is 18.9 Å². The first-order valence-electron chi connectivity index (χ1n) is 9.69. The summed E-state index contributed by atoms with van der Waals surface area (Å²) in [5, 5.41) is 14.3. The van der Waals surface area contributed by atoms with Crippen molar-refractivity contribution >= 4 is 11.6 Å². The Labute approximate surface area is 178 Å². The Bertz CT molecular complexity index is 945. The maximum atomic E-state index is 12.8. The maximum absolute atomic E-state index is 12.8. The fourth-order valence-corrected chi connectivity index (χ4v) is 3.48. The van der Waals surface area contributed by atoms with E-state index in [-0.39, 0.29) is 34.9 Å². The number of hydrogen-bond acceptors (Lipinski definition) is 9. The predicted molar refractivity (Wildman–Crippen MR) is 109 cm³/mol. The van der Waals surface area contributed by atoms with E-state index in [0.29, 0.717) is 37.4 Å². The standard InChI is InChI=1S/C20H24N4O7/c1-28-16-10-14(15(24(26)27)11-17(16)29-2)18(25)23-12-4-6-13(7-5-12)31-20-19(30-3)21-8-9-22-20/h8-13H,4-7H2,1-3H3,(H,23,25). The molecule has 0 radical (unpaired) electrons. The third-order valence-corrected chi connectivity index (χ3v) is 5.06. The fourth-order valence-electron chi connectivity index (χ4n) is 3.48. The molecule has 0 bridgehead atoms. The molecule has 3 rings (SSSR count). The van der Waals surface area contributed by atoms with Gasteiger partial charge in [0.2, 0.25) is 0 Å². The predicted octanol–water partition coefficient (Wildman–Crippen LogP) is 2.53. The van der Waals surface area contributed by atoms with Crippen LogP contribution in [0.2, 0.25) is 0 Å². The van der Waals surface area contributed by atoms with Crippen LogP contribution in [-0.2, 0) is 0 Å². The van der Waals surface area contributed by atoms with Gasteiger partial charge in [0.15, 0.2) is 11.5 Å². The van der Waals surface area contributed by atoms with Gasteiger partial charge in [-0.3, -0.25) is 14.9 Å². The molecule has 0 atom stereocenters. The molecule has 1 aliphatic rings. The molecule has 0 spiro atoms. The molecule has 1 aromatic carbocycles. The summed E-state index contributed by atoms with van der Waals surface area (Å²) in [4.78, 5) is 31.8. The van der Waals surface area contributed by atoms with Crippen LogP contribution in [0.4, 0.5) is 5.69 Å². The molecule has 0 aliphatic heterocycles. The van der Waals surface area contributed by atoms with Gasteiger partial charge in [-0.1, -0.05) is 0 Å². The number of carbonyl (C=O) groups is 1. The second kappa shape index (κ2) is 9.92. The van der Waals surface area contributed by atoms with Crippen molar-refractivity contribution in [3.05, 3.63) is 40.2 Å². The number of nitrogens with zero attached hydrogens (tertiary/aromatic N) is 3. The van der Waals surface area contributed by atoms with Crippen molar-refractivity contribution in [1.82, 2.24) is 15.3 Å². The van der Waals surface area contributed by atoms with Gasteiger partial charge in [-0.05, 0) is 25.7 Å². The van der Waals surface area contributed by atoms with Crippen LogP contribution in [0.15, 0.2) is 24.5 Å². The van der Waals surface area contributed by atoms with E-state index in [0.717, 1.165) is 0 Å².